The molecule has 0 radical (unpaired) electrons. The number of hydrogen-bond donors (Lipinski definition) is 0. The smallest absolute Gasteiger partial charge is 0.189 e. The molecular weight excluding hydrogens is 234 g/mol. The maximum Gasteiger partial charge on any atom is 0.189 e. The van der Waals surface area contributed by atoms with E-state index in [1.165, 1.54) is 0 Å². The van der Waals surface area contributed by atoms with E-state index >= 15 is 0 Å². The monoisotopic (exact) mass is 245 g/mol. The molecule has 0 atom stereocenters. The highest BCUT2D eigenvalue weighted by molar-refractivity contribution is 6.15. The summed E-state index contributed by atoms with van der Waals surface area (Å²) < 4.78 is 0. The van der Waals surface area contributed by atoms with Gasteiger partial charge in [-0.25, -0.2) is 0 Å². The molecule has 0 saturated heterocycles. The molecule has 0 bridgehead atoms. The molecule has 2 aromatic rings. The number of nitriles is 1. The van der Waals surface area contributed by atoms with Crippen molar-refractivity contribution in [1.82, 2.24) is 0 Å². The predicted octanol–water partition coefficient (Wildman–Crippen LogP) is 3.38. The summed E-state index contributed by atoms with van der Waals surface area (Å²) in [5.74, 6) is 0.111. The van der Waals surface area contributed by atoms with Crippen molar-refractivity contribution in [2.24, 2.45) is 0 Å². The van der Waals surface area contributed by atoms with Gasteiger partial charge in [0.25, 0.3) is 0 Å². The average Bonchev–Trinajstić information content (AvgIpc) is 2.77. The van der Waals surface area contributed by atoms with Crippen molar-refractivity contribution in [2.75, 3.05) is 0 Å². The number of allylic oxidation sites excluding steroid dienone is 1. The molecule has 0 fully saturated rings. The lowest BCUT2D eigenvalue weighted by atomic mass is 10.1. The Hall–Kier alpha value is -2.66. The van der Waals surface area contributed by atoms with E-state index in [2.05, 4.69) is 6.07 Å². The van der Waals surface area contributed by atoms with Gasteiger partial charge >= 0.3 is 0 Å². The van der Waals surface area contributed by atoms with Gasteiger partial charge in [0.15, 0.2) is 5.78 Å². The van der Waals surface area contributed by atoms with E-state index in [0.717, 1.165) is 22.3 Å². The van der Waals surface area contributed by atoms with Crippen LogP contribution in [0.25, 0.3) is 6.08 Å². The molecule has 1 aliphatic rings. The van der Waals surface area contributed by atoms with Crippen LogP contribution in [0.2, 0.25) is 0 Å². The molecule has 0 N–H and O–H groups in total. The van der Waals surface area contributed by atoms with E-state index in [1.54, 1.807) is 12.1 Å². The lowest BCUT2D eigenvalue weighted by molar-refractivity contribution is 0.104. The van der Waals surface area contributed by atoms with Crippen molar-refractivity contribution in [1.29, 1.82) is 5.26 Å². The van der Waals surface area contributed by atoms with Crippen LogP contribution in [-0.2, 0) is 6.42 Å². The van der Waals surface area contributed by atoms with Crippen LogP contribution in [0.5, 0.6) is 0 Å². The molecular formula is C17H11NO. The van der Waals surface area contributed by atoms with Gasteiger partial charge in [-0.15, -0.1) is 0 Å². The topological polar surface area (TPSA) is 40.9 Å². The van der Waals surface area contributed by atoms with E-state index in [4.69, 9.17) is 5.26 Å². The Balaban J connectivity index is 1.94. The summed E-state index contributed by atoms with van der Waals surface area (Å²) in [6, 6.07) is 17.0. The standard InChI is InChI=1S/C17H11NO/c18-11-13-7-5-12(6-8-13)9-15-10-14-3-1-2-4-16(14)17(15)19/h1-9H,10H2/b15-9-. The second-order valence-corrected chi connectivity index (χ2v) is 4.57. The first-order valence-electron chi connectivity index (χ1n) is 6.11. The van der Waals surface area contributed by atoms with Gasteiger partial charge in [-0.3, -0.25) is 4.79 Å². The van der Waals surface area contributed by atoms with Gasteiger partial charge in [-0.1, -0.05) is 36.4 Å². The molecule has 0 amide bonds. The highest BCUT2D eigenvalue weighted by atomic mass is 16.1. The minimum atomic E-state index is 0.111. The van der Waals surface area contributed by atoms with Gasteiger partial charge in [-0.05, 0) is 29.3 Å². The summed E-state index contributed by atoms with van der Waals surface area (Å²) in [4.78, 5) is 12.2. The molecule has 0 aliphatic heterocycles. The Bertz CT molecular complexity index is 718. The third-order valence-electron chi connectivity index (χ3n) is 3.32. The number of nitrogens with zero attached hydrogens (tertiary/aromatic N) is 1. The second-order valence-electron chi connectivity index (χ2n) is 4.57. The van der Waals surface area contributed by atoms with Gasteiger partial charge in [0.05, 0.1) is 11.6 Å². The summed E-state index contributed by atoms with van der Waals surface area (Å²) in [6.45, 7) is 0. The van der Waals surface area contributed by atoms with Crippen LogP contribution in [0, 0.1) is 11.3 Å². The first-order chi connectivity index (χ1) is 9.28. The largest absolute Gasteiger partial charge is 0.289 e. The Morgan fingerprint density at radius 3 is 2.47 bits per heavy atom. The van der Waals surface area contributed by atoms with Crippen LogP contribution in [0.1, 0.15) is 27.0 Å². The van der Waals surface area contributed by atoms with Crippen LogP contribution in [0.15, 0.2) is 54.1 Å². The molecule has 90 valence electrons. The van der Waals surface area contributed by atoms with Crippen molar-refractivity contribution in [3.05, 3.63) is 76.4 Å². The maximum absolute atomic E-state index is 12.2. The highest BCUT2D eigenvalue weighted by Gasteiger charge is 2.23. The Labute approximate surface area is 111 Å². The molecule has 0 saturated carbocycles. The number of Topliss-reactive ketones (excluding diaryl/α,β-unsaturated/α-hetero) is 1. The number of rotatable bonds is 1. The molecule has 2 nitrogen and oxygen atoms in total. The van der Waals surface area contributed by atoms with E-state index in [1.807, 2.05) is 42.5 Å². The number of ketones is 1. The first-order valence-corrected chi connectivity index (χ1v) is 6.11. The lowest BCUT2D eigenvalue weighted by Gasteiger charge is -1.97. The lowest BCUT2D eigenvalue weighted by Crippen LogP contribution is -1.94. The predicted molar refractivity (Wildman–Crippen MR) is 73.6 cm³/mol. The molecule has 19 heavy (non-hydrogen) atoms. The van der Waals surface area contributed by atoms with Crippen molar-refractivity contribution in [2.45, 2.75) is 6.42 Å². The summed E-state index contributed by atoms with van der Waals surface area (Å²) in [7, 11) is 0. The SMILES string of the molecule is N#Cc1ccc(/C=C2/Cc3ccccc3C2=O)cc1. The van der Waals surface area contributed by atoms with Gasteiger partial charge in [0.1, 0.15) is 0 Å². The van der Waals surface area contributed by atoms with E-state index < -0.39 is 0 Å². The summed E-state index contributed by atoms with van der Waals surface area (Å²) in [5, 5.41) is 8.75. The van der Waals surface area contributed by atoms with Crippen molar-refractivity contribution < 1.29 is 4.79 Å². The second kappa shape index (κ2) is 4.55. The number of hydrogen-bond acceptors (Lipinski definition) is 2. The third kappa shape index (κ3) is 2.07. The van der Waals surface area contributed by atoms with E-state index in [9.17, 15) is 4.79 Å². The first kappa shape index (κ1) is 11.4. The zero-order valence-electron chi connectivity index (χ0n) is 10.3. The third-order valence-corrected chi connectivity index (χ3v) is 3.32. The molecule has 1 aliphatic carbocycles. The zero-order chi connectivity index (χ0) is 13.2. The van der Waals surface area contributed by atoms with Crippen LogP contribution < -0.4 is 0 Å². The quantitative estimate of drug-likeness (QED) is 0.723. The average molecular weight is 245 g/mol. The van der Waals surface area contributed by atoms with Crippen LogP contribution >= 0.6 is 0 Å². The Morgan fingerprint density at radius 2 is 1.79 bits per heavy atom. The zero-order valence-corrected chi connectivity index (χ0v) is 10.3. The maximum atomic E-state index is 12.2. The number of fused-ring (bicyclic) bond motifs is 1. The molecule has 2 heteroatoms. The molecule has 0 unspecified atom stereocenters. The van der Waals surface area contributed by atoms with Crippen LogP contribution in [0.4, 0.5) is 0 Å². The molecule has 3 rings (SSSR count). The fourth-order valence-electron chi connectivity index (χ4n) is 2.33. The number of benzene rings is 2. The van der Waals surface area contributed by atoms with Crippen molar-refractivity contribution in [3.63, 3.8) is 0 Å². The fourth-order valence-corrected chi connectivity index (χ4v) is 2.33. The van der Waals surface area contributed by atoms with Gasteiger partial charge in [0.2, 0.25) is 0 Å². The minimum Gasteiger partial charge on any atom is -0.289 e. The Kier molecular flexibility index (Phi) is 2.74. The Morgan fingerprint density at radius 1 is 1.05 bits per heavy atom. The van der Waals surface area contributed by atoms with Crippen LogP contribution in [0.3, 0.4) is 0 Å². The van der Waals surface area contributed by atoms with Crippen molar-refractivity contribution in [3.8, 4) is 6.07 Å². The normalized spacial score (nSPS) is 15.3. The summed E-state index contributed by atoms with van der Waals surface area (Å²) in [5.41, 5.74) is 4.29. The van der Waals surface area contributed by atoms with Crippen LogP contribution in [-0.4, -0.2) is 5.78 Å². The van der Waals surface area contributed by atoms with Gasteiger partial charge < -0.3 is 0 Å². The van der Waals surface area contributed by atoms with Gasteiger partial charge in [-0.2, -0.15) is 5.26 Å². The minimum absolute atomic E-state index is 0.111. The molecule has 0 heterocycles. The fraction of sp³-hybridized carbons (Fsp3) is 0.0588. The summed E-state index contributed by atoms with van der Waals surface area (Å²) in [6.07, 6.45) is 2.60. The number of carbonyl (C=O) groups excluding carboxylic acids is 1. The summed E-state index contributed by atoms with van der Waals surface area (Å²) >= 11 is 0. The van der Waals surface area contributed by atoms with E-state index in [0.29, 0.717) is 12.0 Å². The van der Waals surface area contributed by atoms with Gasteiger partial charge in [0, 0.05) is 17.6 Å². The number of carbonyl (C=O) groups is 1. The molecule has 0 spiro atoms. The molecule has 0 aromatic heterocycles. The molecule has 2 aromatic carbocycles. The van der Waals surface area contributed by atoms with Crippen molar-refractivity contribution >= 4 is 11.9 Å². The van der Waals surface area contributed by atoms with E-state index in [-0.39, 0.29) is 5.78 Å². The highest BCUT2D eigenvalue weighted by Crippen LogP contribution is 2.27.